The molecule has 0 saturated carbocycles. The lowest BCUT2D eigenvalue weighted by molar-refractivity contribution is 0.0683. The maximum Gasteiger partial charge on any atom is 0.373 e. The maximum absolute atomic E-state index is 13.2. The quantitative estimate of drug-likeness (QED) is 0.907. The largest absolute Gasteiger partial charge is 0.475 e. The van der Waals surface area contributed by atoms with Gasteiger partial charge in [0, 0.05) is 11.5 Å². The number of benzene rings is 1. The van der Waals surface area contributed by atoms with Gasteiger partial charge in [0.2, 0.25) is 5.82 Å². The number of carbonyl (C=O) groups is 1. The van der Waals surface area contributed by atoms with Gasteiger partial charge in [-0.25, -0.2) is 19.2 Å². The maximum atomic E-state index is 13.2. The second-order valence-corrected chi connectivity index (χ2v) is 4.56. The van der Waals surface area contributed by atoms with Crippen LogP contribution in [0.2, 0.25) is 0 Å². The zero-order chi connectivity index (χ0) is 13.3. The summed E-state index contributed by atoms with van der Waals surface area (Å²) in [4.78, 5) is 18.8. The Kier molecular flexibility index (Phi) is 3.23. The monoisotopic (exact) mass is 248 g/mol. The molecule has 5 heteroatoms. The molecule has 0 bridgehead atoms. The molecule has 18 heavy (non-hydrogen) atoms. The zero-order valence-corrected chi connectivity index (χ0v) is 10.1. The highest BCUT2D eigenvalue weighted by Crippen LogP contribution is 2.19. The van der Waals surface area contributed by atoms with Crippen molar-refractivity contribution in [1.82, 2.24) is 9.97 Å². The summed E-state index contributed by atoms with van der Waals surface area (Å²) in [7, 11) is 0. The van der Waals surface area contributed by atoms with Crippen LogP contribution in [0, 0.1) is 11.7 Å². The van der Waals surface area contributed by atoms with Gasteiger partial charge in [0.25, 0.3) is 0 Å². The highest BCUT2D eigenvalue weighted by Gasteiger charge is 2.14. The number of carboxylic acids is 1. The smallest absolute Gasteiger partial charge is 0.373 e. The van der Waals surface area contributed by atoms with E-state index in [9.17, 15) is 9.18 Å². The van der Waals surface area contributed by atoms with Crippen LogP contribution in [0.5, 0.6) is 0 Å². The Morgan fingerprint density at radius 3 is 2.72 bits per heavy atom. The fraction of sp³-hybridized carbons (Fsp3) is 0.308. The van der Waals surface area contributed by atoms with Gasteiger partial charge in [-0.3, -0.25) is 0 Å². The number of carboxylic acid groups (broad SMARTS) is 1. The lowest BCUT2D eigenvalue weighted by atomic mass is 10.0. The number of aromatic carboxylic acids is 1. The summed E-state index contributed by atoms with van der Waals surface area (Å²) in [6.45, 7) is 4.02. The molecule has 0 fully saturated rings. The van der Waals surface area contributed by atoms with E-state index in [0.29, 0.717) is 28.9 Å². The number of aromatic nitrogens is 2. The average molecular weight is 248 g/mol. The lowest BCUT2D eigenvalue weighted by Gasteiger charge is -2.09. The van der Waals surface area contributed by atoms with E-state index in [2.05, 4.69) is 9.97 Å². The first-order valence-electron chi connectivity index (χ1n) is 5.67. The minimum absolute atomic E-state index is 0.288. The summed E-state index contributed by atoms with van der Waals surface area (Å²) in [5.41, 5.74) is 0.977. The molecule has 1 heterocycles. The third-order valence-electron chi connectivity index (χ3n) is 2.53. The highest BCUT2D eigenvalue weighted by atomic mass is 19.1. The first kappa shape index (κ1) is 12.4. The van der Waals surface area contributed by atoms with Crippen molar-refractivity contribution in [2.24, 2.45) is 5.92 Å². The van der Waals surface area contributed by atoms with E-state index in [1.807, 2.05) is 13.8 Å². The Bertz CT molecular complexity index is 611. The number of fused-ring (bicyclic) bond motifs is 1. The van der Waals surface area contributed by atoms with Gasteiger partial charge in [-0.05, 0) is 24.5 Å². The van der Waals surface area contributed by atoms with Crippen molar-refractivity contribution in [2.45, 2.75) is 20.3 Å². The van der Waals surface area contributed by atoms with Crippen LogP contribution in [0.1, 0.15) is 30.2 Å². The Morgan fingerprint density at radius 1 is 1.39 bits per heavy atom. The summed E-state index contributed by atoms with van der Waals surface area (Å²) in [6, 6.07) is 4.15. The number of rotatable bonds is 3. The van der Waals surface area contributed by atoms with Crippen molar-refractivity contribution >= 4 is 16.9 Å². The Hall–Kier alpha value is -2.04. The van der Waals surface area contributed by atoms with Crippen LogP contribution in [-0.2, 0) is 6.42 Å². The lowest BCUT2D eigenvalue weighted by Crippen LogP contribution is -2.09. The van der Waals surface area contributed by atoms with Crippen molar-refractivity contribution < 1.29 is 14.3 Å². The van der Waals surface area contributed by atoms with Gasteiger partial charge in [-0.15, -0.1) is 0 Å². The summed E-state index contributed by atoms with van der Waals surface area (Å²) in [6.07, 6.45) is 0.630. The van der Waals surface area contributed by atoms with Gasteiger partial charge < -0.3 is 5.11 Å². The van der Waals surface area contributed by atoms with E-state index in [4.69, 9.17) is 5.11 Å². The predicted molar refractivity (Wildman–Crippen MR) is 65.0 cm³/mol. The second kappa shape index (κ2) is 4.68. The van der Waals surface area contributed by atoms with E-state index >= 15 is 0 Å². The van der Waals surface area contributed by atoms with E-state index < -0.39 is 11.8 Å². The summed E-state index contributed by atoms with van der Waals surface area (Å²) < 4.78 is 13.2. The molecule has 0 unspecified atom stereocenters. The summed E-state index contributed by atoms with van der Waals surface area (Å²) >= 11 is 0. The van der Waals surface area contributed by atoms with E-state index in [0.717, 1.165) is 0 Å². The molecule has 4 nitrogen and oxygen atoms in total. The normalized spacial score (nSPS) is 11.1. The van der Waals surface area contributed by atoms with Gasteiger partial charge in [0.1, 0.15) is 5.82 Å². The molecule has 1 N–H and O–H groups in total. The minimum atomic E-state index is -1.20. The second-order valence-electron chi connectivity index (χ2n) is 4.56. The fourth-order valence-corrected chi connectivity index (χ4v) is 1.81. The van der Waals surface area contributed by atoms with Crippen LogP contribution in [0.4, 0.5) is 4.39 Å². The molecule has 0 aliphatic heterocycles. The van der Waals surface area contributed by atoms with Crippen LogP contribution >= 0.6 is 0 Å². The molecule has 0 radical (unpaired) electrons. The van der Waals surface area contributed by atoms with Gasteiger partial charge >= 0.3 is 5.97 Å². The van der Waals surface area contributed by atoms with Crippen LogP contribution in [-0.4, -0.2) is 21.0 Å². The van der Waals surface area contributed by atoms with E-state index in [1.54, 1.807) is 6.07 Å². The van der Waals surface area contributed by atoms with Gasteiger partial charge in [0.05, 0.1) is 11.2 Å². The Labute approximate surface area is 103 Å². The fourth-order valence-electron chi connectivity index (χ4n) is 1.81. The van der Waals surface area contributed by atoms with Crippen molar-refractivity contribution in [3.05, 3.63) is 35.5 Å². The van der Waals surface area contributed by atoms with Crippen LogP contribution in [0.3, 0.4) is 0 Å². The average Bonchev–Trinajstić information content (AvgIpc) is 2.27. The van der Waals surface area contributed by atoms with Crippen LogP contribution < -0.4 is 0 Å². The molecule has 1 aromatic heterocycles. The number of hydrogen-bond acceptors (Lipinski definition) is 3. The molecule has 0 aliphatic carbocycles. The number of nitrogens with zero attached hydrogens (tertiary/aromatic N) is 2. The highest BCUT2D eigenvalue weighted by molar-refractivity contribution is 5.88. The molecule has 94 valence electrons. The van der Waals surface area contributed by atoms with Gasteiger partial charge in [0.15, 0.2) is 0 Å². The molecule has 0 amide bonds. The summed E-state index contributed by atoms with van der Waals surface area (Å²) in [5.74, 6) is -1.60. The molecule has 0 atom stereocenters. The van der Waals surface area contributed by atoms with Crippen molar-refractivity contribution in [1.29, 1.82) is 0 Å². The van der Waals surface area contributed by atoms with Crippen LogP contribution in [0.25, 0.3) is 10.9 Å². The number of halogens is 1. The topological polar surface area (TPSA) is 63.1 Å². The molecule has 0 spiro atoms. The molecule has 0 aliphatic rings. The predicted octanol–water partition coefficient (Wildman–Crippen LogP) is 2.67. The molecular formula is C13H13FN2O2. The Morgan fingerprint density at radius 2 is 2.11 bits per heavy atom. The molecule has 1 aromatic carbocycles. The summed E-state index contributed by atoms with van der Waals surface area (Å²) in [5, 5.41) is 9.66. The number of hydrogen-bond donors (Lipinski definition) is 1. The standard InChI is InChI=1S/C13H13FN2O2/c1-7(2)5-10-9-4-3-8(14)6-11(9)16-12(15-10)13(17)18/h3-4,6-7H,5H2,1-2H3,(H,17,18). The zero-order valence-electron chi connectivity index (χ0n) is 10.1. The van der Waals surface area contributed by atoms with Crippen molar-refractivity contribution in [3.63, 3.8) is 0 Å². The van der Waals surface area contributed by atoms with Gasteiger partial charge in [-0.2, -0.15) is 0 Å². The molecule has 2 rings (SSSR count). The van der Waals surface area contributed by atoms with Crippen molar-refractivity contribution in [2.75, 3.05) is 0 Å². The SMILES string of the molecule is CC(C)Cc1nc(C(=O)O)nc2cc(F)ccc12. The molecule has 0 saturated heterocycles. The Balaban J connectivity index is 2.68. The third-order valence-corrected chi connectivity index (χ3v) is 2.53. The van der Waals surface area contributed by atoms with Gasteiger partial charge in [-0.1, -0.05) is 13.8 Å². The molecular weight excluding hydrogens is 235 g/mol. The first-order chi connectivity index (χ1) is 8.47. The minimum Gasteiger partial charge on any atom is -0.475 e. The first-order valence-corrected chi connectivity index (χ1v) is 5.67. The van der Waals surface area contributed by atoms with Crippen molar-refractivity contribution in [3.8, 4) is 0 Å². The van der Waals surface area contributed by atoms with E-state index in [-0.39, 0.29) is 5.82 Å². The van der Waals surface area contributed by atoms with Crippen LogP contribution in [0.15, 0.2) is 18.2 Å². The molecule has 2 aromatic rings. The van der Waals surface area contributed by atoms with E-state index in [1.165, 1.54) is 12.1 Å². The third kappa shape index (κ3) is 2.45.